The molecule has 6 heteroatoms. The molecule has 28 heavy (non-hydrogen) atoms. The molecule has 2 heterocycles. The Morgan fingerprint density at radius 1 is 0.786 bits per heavy atom. The molecule has 2 aromatic heterocycles. The summed E-state index contributed by atoms with van der Waals surface area (Å²) in [4.78, 5) is 25.4. The second-order valence-electron chi connectivity index (χ2n) is 6.00. The Kier molecular flexibility index (Phi) is 5.02. The molecule has 0 saturated heterocycles. The highest BCUT2D eigenvalue weighted by atomic mass is 16.2. The number of anilines is 1. The van der Waals surface area contributed by atoms with Crippen molar-refractivity contribution in [2.45, 2.75) is 0 Å². The van der Waals surface area contributed by atoms with Crippen LogP contribution in [-0.4, -0.2) is 20.9 Å². The first-order valence-electron chi connectivity index (χ1n) is 8.75. The molecule has 0 aliphatic carbocycles. The maximum Gasteiger partial charge on any atom is 0.270 e. The molecule has 0 bridgehead atoms. The first-order chi connectivity index (χ1) is 13.8. The Hall–Kier alpha value is -4.06. The molecule has 136 valence electrons. The van der Waals surface area contributed by atoms with Crippen molar-refractivity contribution in [3.63, 3.8) is 0 Å². The monoisotopic (exact) mass is 367 g/mol. The van der Waals surface area contributed by atoms with Gasteiger partial charge in [-0.25, -0.2) is 9.97 Å². The molecule has 4 rings (SSSR count). The predicted octanol–water partition coefficient (Wildman–Crippen LogP) is 3.96. The van der Waals surface area contributed by atoms with Gasteiger partial charge in [0.05, 0.1) is 5.69 Å². The molecule has 0 unspecified atom stereocenters. The lowest BCUT2D eigenvalue weighted by Crippen LogP contribution is -2.30. The van der Waals surface area contributed by atoms with Gasteiger partial charge in [-0.2, -0.15) is 0 Å². The molecule has 0 fully saturated rings. The summed E-state index contributed by atoms with van der Waals surface area (Å²) >= 11 is 0. The molecule has 4 aromatic rings. The summed E-state index contributed by atoms with van der Waals surface area (Å²) in [6.07, 6.45) is 5.05. The number of benzene rings is 2. The van der Waals surface area contributed by atoms with E-state index < -0.39 is 0 Å². The first kappa shape index (κ1) is 17.4. The Balaban J connectivity index is 1.52. The van der Waals surface area contributed by atoms with Gasteiger partial charge < -0.3 is 0 Å². The van der Waals surface area contributed by atoms with Crippen LogP contribution in [0.15, 0.2) is 91.4 Å². The Morgan fingerprint density at radius 2 is 1.57 bits per heavy atom. The van der Waals surface area contributed by atoms with Crippen LogP contribution >= 0.6 is 0 Å². The van der Waals surface area contributed by atoms with E-state index in [2.05, 4.69) is 25.8 Å². The van der Waals surface area contributed by atoms with Crippen molar-refractivity contribution < 1.29 is 4.79 Å². The molecule has 0 radical (unpaired) electrons. The number of carbonyl (C=O) groups excluding carboxylic acids is 1. The molecule has 0 spiro atoms. The highest BCUT2D eigenvalue weighted by Crippen LogP contribution is 2.23. The zero-order valence-electron chi connectivity index (χ0n) is 14.9. The summed E-state index contributed by atoms with van der Waals surface area (Å²) in [6.45, 7) is 0. The highest BCUT2D eigenvalue weighted by Gasteiger charge is 2.12. The Labute approximate surface area is 162 Å². The number of aromatic nitrogens is 3. The van der Waals surface area contributed by atoms with Crippen molar-refractivity contribution in [2.24, 2.45) is 0 Å². The minimum Gasteiger partial charge on any atom is -0.267 e. The van der Waals surface area contributed by atoms with Gasteiger partial charge in [-0.05, 0) is 35.4 Å². The van der Waals surface area contributed by atoms with E-state index in [-0.39, 0.29) is 5.91 Å². The molecule has 6 nitrogen and oxygen atoms in total. The minimum atomic E-state index is -0.269. The molecule has 2 aromatic carbocycles. The summed E-state index contributed by atoms with van der Waals surface area (Å²) in [5.41, 5.74) is 9.43. The quantitative estimate of drug-likeness (QED) is 0.522. The number of hydrogen-bond donors (Lipinski definition) is 2. The standard InChI is InChI=1S/C22H17N5O/c28-21(19-11-5-4-10-18(19)16-7-2-1-3-8-16)26-27-22-24-14-12-20(25-22)17-9-6-13-23-15-17/h1-15H,(H,26,28)(H,24,25,27). The molecular weight excluding hydrogens is 350 g/mol. The largest absolute Gasteiger partial charge is 0.270 e. The summed E-state index contributed by atoms with van der Waals surface area (Å²) in [5.74, 6) is 0.0294. The lowest BCUT2D eigenvalue weighted by Gasteiger charge is -2.11. The average Bonchev–Trinajstić information content (AvgIpc) is 2.79. The maximum atomic E-state index is 12.7. The van der Waals surface area contributed by atoms with Crippen LogP contribution in [0, 0.1) is 0 Å². The Morgan fingerprint density at radius 3 is 2.39 bits per heavy atom. The van der Waals surface area contributed by atoms with Gasteiger partial charge in [0.2, 0.25) is 5.95 Å². The van der Waals surface area contributed by atoms with E-state index in [0.717, 1.165) is 16.7 Å². The fraction of sp³-hybridized carbons (Fsp3) is 0. The molecule has 1 amide bonds. The molecule has 0 atom stereocenters. The van der Waals surface area contributed by atoms with Gasteiger partial charge in [0.15, 0.2) is 0 Å². The summed E-state index contributed by atoms with van der Waals surface area (Å²) in [7, 11) is 0. The van der Waals surface area contributed by atoms with Crippen molar-refractivity contribution in [3.8, 4) is 22.4 Å². The SMILES string of the molecule is O=C(NNc1nccc(-c2cccnc2)n1)c1ccccc1-c1ccccc1. The lowest BCUT2D eigenvalue weighted by molar-refractivity contribution is 0.0963. The number of nitrogens with one attached hydrogen (secondary N) is 2. The van der Waals surface area contributed by atoms with Crippen LogP contribution in [0.4, 0.5) is 5.95 Å². The highest BCUT2D eigenvalue weighted by molar-refractivity contribution is 6.01. The van der Waals surface area contributed by atoms with E-state index in [4.69, 9.17) is 0 Å². The summed E-state index contributed by atoms with van der Waals surface area (Å²) < 4.78 is 0. The third-order valence-electron chi connectivity index (χ3n) is 4.16. The molecule has 0 aliphatic rings. The van der Waals surface area contributed by atoms with Crippen molar-refractivity contribution in [3.05, 3.63) is 97.0 Å². The second kappa shape index (κ2) is 8.09. The minimum absolute atomic E-state index is 0.269. The van der Waals surface area contributed by atoms with Crippen LogP contribution in [0.5, 0.6) is 0 Å². The average molecular weight is 367 g/mol. The van der Waals surface area contributed by atoms with Crippen molar-refractivity contribution in [1.29, 1.82) is 0 Å². The number of carbonyl (C=O) groups is 1. The van der Waals surface area contributed by atoms with Gasteiger partial charge in [0, 0.05) is 29.7 Å². The Bertz CT molecular complexity index is 1080. The number of hydrogen-bond acceptors (Lipinski definition) is 5. The van der Waals surface area contributed by atoms with Crippen LogP contribution in [0.2, 0.25) is 0 Å². The van der Waals surface area contributed by atoms with Gasteiger partial charge in [-0.1, -0.05) is 48.5 Å². The van der Waals surface area contributed by atoms with Gasteiger partial charge in [0.25, 0.3) is 5.91 Å². The fourth-order valence-corrected chi connectivity index (χ4v) is 2.82. The van der Waals surface area contributed by atoms with E-state index in [1.807, 2.05) is 60.7 Å². The molecule has 2 N–H and O–H groups in total. The number of pyridine rings is 1. The van der Waals surface area contributed by atoms with E-state index >= 15 is 0 Å². The van der Waals surface area contributed by atoms with E-state index in [0.29, 0.717) is 17.2 Å². The maximum absolute atomic E-state index is 12.7. The number of nitrogens with zero attached hydrogens (tertiary/aromatic N) is 3. The van der Waals surface area contributed by atoms with Gasteiger partial charge >= 0.3 is 0 Å². The van der Waals surface area contributed by atoms with Crippen LogP contribution in [0.1, 0.15) is 10.4 Å². The predicted molar refractivity (Wildman–Crippen MR) is 108 cm³/mol. The number of amides is 1. The van der Waals surface area contributed by atoms with Crippen molar-refractivity contribution >= 4 is 11.9 Å². The smallest absolute Gasteiger partial charge is 0.267 e. The number of rotatable bonds is 5. The molecule has 0 saturated carbocycles. The summed E-state index contributed by atoms with van der Waals surface area (Å²) in [5, 5.41) is 0. The lowest BCUT2D eigenvalue weighted by atomic mass is 9.99. The molecular formula is C22H17N5O. The van der Waals surface area contributed by atoms with Crippen LogP contribution in [0.3, 0.4) is 0 Å². The normalized spacial score (nSPS) is 10.3. The molecule has 0 aliphatic heterocycles. The van der Waals surface area contributed by atoms with E-state index in [1.54, 1.807) is 30.7 Å². The van der Waals surface area contributed by atoms with E-state index in [9.17, 15) is 4.79 Å². The third kappa shape index (κ3) is 3.86. The van der Waals surface area contributed by atoms with Gasteiger partial charge in [0.1, 0.15) is 0 Å². The second-order valence-corrected chi connectivity index (χ2v) is 6.00. The van der Waals surface area contributed by atoms with Crippen LogP contribution in [0.25, 0.3) is 22.4 Å². The van der Waals surface area contributed by atoms with Crippen molar-refractivity contribution in [2.75, 3.05) is 5.43 Å². The first-order valence-corrected chi connectivity index (χ1v) is 8.75. The van der Waals surface area contributed by atoms with Crippen molar-refractivity contribution in [1.82, 2.24) is 20.4 Å². The van der Waals surface area contributed by atoms with Crippen LogP contribution < -0.4 is 10.9 Å². The van der Waals surface area contributed by atoms with Gasteiger partial charge in [-0.15, -0.1) is 0 Å². The van der Waals surface area contributed by atoms with E-state index in [1.165, 1.54) is 0 Å². The third-order valence-corrected chi connectivity index (χ3v) is 4.16. The zero-order chi connectivity index (χ0) is 19.2. The van der Waals surface area contributed by atoms with Gasteiger partial charge in [-0.3, -0.25) is 20.6 Å². The zero-order valence-corrected chi connectivity index (χ0v) is 14.9. The topological polar surface area (TPSA) is 79.8 Å². The number of hydrazine groups is 1. The van der Waals surface area contributed by atoms with Crippen LogP contribution in [-0.2, 0) is 0 Å². The fourth-order valence-electron chi connectivity index (χ4n) is 2.82. The summed E-state index contributed by atoms with van der Waals surface area (Å²) in [6, 6.07) is 22.8.